The number of hydrogen-bond donors (Lipinski definition) is 0. The van der Waals surface area contributed by atoms with E-state index >= 15 is 0 Å². The van der Waals surface area contributed by atoms with E-state index in [1.165, 1.54) is 0 Å². The molecule has 0 unspecified atom stereocenters. The Kier molecular flexibility index (Phi) is 2.01. The second-order valence-corrected chi connectivity index (χ2v) is 3.19. The van der Waals surface area contributed by atoms with Crippen LogP contribution >= 0.6 is 0 Å². The van der Waals surface area contributed by atoms with Crippen molar-refractivity contribution in [3.63, 3.8) is 0 Å². The molecule has 0 aromatic carbocycles. The number of rotatable bonds is 1. The van der Waals surface area contributed by atoms with Crippen molar-refractivity contribution in [1.29, 1.82) is 5.26 Å². The molecule has 4 heteroatoms. The van der Waals surface area contributed by atoms with Gasteiger partial charge in [0.1, 0.15) is 7.85 Å². The monoisotopic (exact) mass is 181 g/mol. The number of pyridine rings is 1. The van der Waals surface area contributed by atoms with Crippen molar-refractivity contribution in [1.82, 2.24) is 9.61 Å². The first-order valence-electron chi connectivity index (χ1n) is 4.32. The van der Waals surface area contributed by atoms with Crippen molar-refractivity contribution in [3.8, 4) is 6.07 Å². The zero-order valence-corrected chi connectivity index (χ0v) is 7.86. The van der Waals surface area contributed by atoms with Crippen LogP contribution in [0.3, 0.4) is 0 Å². The summed E-state index contributed by atoms with van der Waals surface area (Å²) in [6.07, 6.45) is 3.89. The zero-order valence-electron chi connectivity index (χ0n) is 7.86. The molecule has 0 atom stereocenters. The third-order valence-corrected chi connectivity index (χ3v) is 2.32. The van der Waals surface area contributed by atoms with Crippen molar-refractivity contribution in [2.45, 2.75) is 13.3 Å². The molecule has 2 radical (unpaired) electrons. The van der Waals surface area contributed by atoms with Crippen LogP contribution in [-0.2, 0) is 6.42 Å². The average Bonchev–Trinajstić information content (AvgIpc) is 2.57. The quantitative estimate of drug-likeness (QED) is 0.601. The molecule has 2 aromatic heterocycles. The van der Waals surface area contributed by atoms with Crippen LogP contribution in [-0.4, -0.2) is 17.5 Å². The second kappa shape index (κ2) is 3.19. The normalized spacial score (nSPS) is 10.3. The minimum Gasteiger partial charge on any atom is -0.240 e. The maximum Gasteiger partial charge on any atom is 0.114 e. The molecule has 0 saturated heterocycles. The Labute approximate surface area is 83.4 Å². The molecule has 0 N–H and O–H groups in total. The lowest BCUT2D eigenvalue weighted by Crippen LogP contribution is -2.09. The zero-order chi connectivity index (χ0) is 10.1. The summed E-state index contributed by atoms with van der Waals surface area (Å²) in [6.45, 7) is 1.94. The van der Waals surface area contributed by atoms with E-state index in [4.69, 9.17) is 13.1 Å². The maximum atomic E-state index is 8.64. The molecular formula is C10H8BN3. The molecule has 66 valence electrons. The summed E-state index contributed by atoms with van der Waals surface area (Å²) in [5, 5.41) is 12.8. The third-order valence-electron chi connectivity index (χ3n) is 2.32. The molecule has 0 fully saturated rings. The molecule has 2 aromatic rings. The maximum absolute atomic E-state index is 8.64. The summed E-state index contributed by atoms with van der Waals surface area (Å²) in [4.78, 5) is 0. The number of aromatic nitrogens is 2. The number of fused-ring (bicyclic) bond motifs is 1. The Bertz CT molecular complexity index is 522. The Morgan fingerprint density at radius 2 is 2.43 bits per heavy atom. The first-order chi connectivity index (χ1) is 6.74. The largest absolute Gasteiger partial charge is 0.240 e. The molecule has 0 amide bonds. The van der Waals surface area contributed by atoms with Crippen molar-refractivity contribution >= 4 is 18.8 Å². The molecule has 2 rings (SSSR count). The van der Waals surface area contributed by atoms with Gasteiger partial charge in [0.25, 0.3) is 0 Å². The predicted octanol–water partition coefficient (Wildman–Crippen LogP) is 0.503. The lowest BCUT2D eigenvalue weighted by Gasteiger charge is -2.03. The van der Waals surface area contributed by atoms with Gasteiger partial charge in [-0.15, -0.1) is 0 Å². The van der Waals surface area contributed by atoms with Gasteiger partial charge in [-0.2, -0.15) is 10.4 Å². The van der Waals surface area contributed by atoms with E-state index in [0.717, 1.165) is 22.1 Å². The molecule has 0 spiro atoms. The van der Waals surface area contributed by atoms with E-state index in [0.29, 0.717) is 6.42 Å². The smallest absolute Gasteiger partial charge is 0.114 e. The Morgan fingerprint density at radius 3 is 3.14 bits per heavy atom. The highest BCUT2D eigenvalue weighted by Crippen LogP contribution is 2.13. The molecule has 0 aliphatic heterocycles. The lowest BCUT2D eigenvalue weighted by molar-refractivity contribution is 0.958. The van der Waals surface area contributed by atoms with Gasteiger partial charge in [-0.05, 0) is 12.5 Å². The topological polar surface area (TPSA) is 41.1 Å². The summed E-state index contributed by atoms with van der Waals surface area (Å²) in [7, 11) is 5.79. The van der Waals surface area contributed by atoms with Crippen LogP contribution in [0.25, 0.3) is 5.52 Å². The van der Waals surface area contributed by atoms with E-state index in [9.17, 15) is 0 Å². The van der Waals surface area contributed by atoms with Gasteiger partial charge in [0.15, 0.2) is 0 Å². The van der Waals surface area contributed by atoms with E-state index in [2.05, 4.69) is 11.2 Å². The van der Waals surface area contributed by atoms with E-state index in [1.54, 1.807) is 16.9 Å². The van der Waals surface area contributed by atoms with Gasteiger partial charge in [0.2, 0.25) is 0 Å². The summed E-state index contributed by atoms with van der Waals surface area (Å²) < 4.78 is 1.75. The van der Waals surface area contributed by atoms with E-state index in [-0.39, 0.29) is 0 Å². The Hall–Kier alpha value is -1.76. The first kappa shape index (κ1) is 8.83. The first-order valence-corrected chi connectivity index (χ1v) is 4.32. The van der Waals surface area contributed by atoms with Gasteiger partial charge >= 0.3 is 0 Å². The average molecular weight is 181 g/mol. The predicted molar refractivity (Wildman–Crippen MR) is 54.6 cm³/mol. The van der Waals surface area contributed by atoms with Crippen LogP contribution in [0.15, 0.2) is 18.5 Å². The minimum atomic E-state index is 0.369. The van der Waals surface area contributed by atoms with Gasteiger partial charge < -0.3 is 0 Å². The third kappa shape index (κ3) is 1.18. The fourth-order valence-corrected chi connectivity index (χ4v) is 1.55. The van der Waals surface area contributed by atoms with Gasteiger partial charge in [-0.25, -0.2) is 4.52 Å². The van der Waals surface area contributed by atoms with Gasteiger partial charge in [0, 0.05) is 11.8 Å². The molecule has 3 nitrogen and oxygen atoms in total. The van der Waals surface area contributed by atoms with Gasteiger partial charge in [-0.3, -0.25) is 0 Å². The molecular weight excluding hydrogens is 173 g/mol. The van der Waals surface area contributed by atoms with Crippen molar-refractivity contribution < 1.29 is 0 Å². The molecule has 0 saturated carbocycles. The van der Waals surface area contributed by atoms with Crippen LogP contribution in [0.1, 0.15) is 11.1 Å². The Morgan fingerprint density at radius 1 is 1.64 bits per heavy atom. The highest BCUT2D eigenvalue weighted by Gasteiger charge is 2.07. The minimum absolute atomic E-state index is 0.369. The molecule has 0 aliphatic carbocycles. The standard InChI is InChI=1S/C10H8BN3/c1-7-9(11)3-5-14-10(7)8(2-4-12)6-13-14/h3,5-6H,2H2,1H3. The number of aryl methyl sites for hydroxylation is 1. The summed E-state index contributed by atoms with van der Waals surface area (Å²) in [5.74, 6) is 0. The van der Waals surface area contributed by atoms with Crippen molar-refractivity contribution in [3.05, 3.63) is 29.6 Å². The number of nitrogens with zero attached hydrogens (tertiary/aromatic N) is 3. The Balaban J connectivity index is 2.77. The van der Waals surface area contributed by atoms with Gasteiger partial charge in [-0.1, -0.05) is 11.5 Å². The fourth-order valence-electron chi connectivity index (χ4n) is 1.55. The lowest BCUT2D eigenvalue weighted by atomic mass is 9.91. The summed E-state index contributed by atoms with van der Waals surface area (Å²) in [5.41, 5.74) is 3.59. The summed E-state index contributed by atoms with van der Waals surface area (Å²) >= 11 is 0. The highest BCUT2D eigenvalue weighted by molar-refractivity contribution is 6.33. The second-order valence-electron chi connectivity index (χ2n) is 3.19. The van der Waals surface area contributed by atoms with Crippen LogP contribution in [0.2, 0.25) is 0 Å². The van der Waals surface area contributed by atoms with Crippen molar-refractivity contribution in [2.75, 3.05) is 0 Å². The number of nitriles is 1. The van der Waals surface area contributed by atoms with Crippen LogP contribution in [0.4, 0.5) is 0 Å². The number of hydrogen-bond acceptors (Lipinski definition) is 2. The van der Waals surface area contributed by atoms with E-state index in [1.807, 2.05) is 13.0 Å². The van der Waals surface area contributed by atoms with E-state index < -0.39 is 0 Å². The van der Waals surface area contributed by atoms with Crippen LogP contribution in [0.5, 0.6) is 0 Å². The highest BCUT2D eigenvalue weighted by atomic mass is 15.2. The SMILES string of the molecule is [B]c1ccn2ncc(CC#N)c2c1C. The van der Waals surface area contributed by atoms with Crippen LogP contribution in [0, 0.1) is 18.3 Å². The molecule has 0 bridgehead atoms. The van der Waals surface area contributed by atoms with Gasteiger partial charge in [0.05, 0.1) is 24.2 Å². The molecule has 2 heterocycles. The van der Waals surface area contributed by atoms with Crippen molar-refractivity contribution in [2.24, 2.45) is 0 Å². The molecule has 14 heavy (non-hydrogen) atoms. The molecule has 0 aliphatic rings. The fraction of sp³-hybridized carbons (Fsp3) is 0.200. The van der Waals surface area contributed by atoms with Crippen LogP contribution < -0.4 is 5.46 Å². The summed E-state index contributed by atoms with van der Waals surface area (Å²) in [6, 6.07) is 3.93.